The second kappa shape index (κ2) is 7.06. The Morgan fingerprint density at radius 3 is 2.82 bits per heavy atom. The molecule has 0 saturated heterocycles. The van der Waals surface area contributed by atoms with Crippen LogP contribution in [0.25, 0.3) is 0 Å². The first-order chi connectivity index (χ1) is 8.15. The van der Waals surface area contributed by atoms with Crippen molar-refractivity contribution in [1.82, 2.24) is 4.98 Å². The molecule has 0 fully saturated rings. The lowest BCUT2D eigenvalue weighted by molar-refractivity contribution is -0.137. The lowest BCUT2D eigenvalue weighted by Gasteiger charge is -2.07. The van der Waals surface area contributed by atoms with Crippen LogP contribution in [0, 0.1) is 6.92 Å². The highest BCUT2D eigenvalue weighted by Crippen LogP contribution is 2.14. The standard InChI is InChI=1S/C12H14BrNO3/c1-3-16-12(15)6-11(7-13)17-10-5-4-9(2)14-8-10/h4-6,8H,3,7H2,1-2H3. The summed E-state index contributed by atoms with van der Waals surface area (Å²) < 4.78 is 10.3. The molecule has 0 aliphatic carbocycles. The van der Waals surface area contributed by atoms with Gasteiger partial charge in [-0.1, -0.05) is 15.9 Å². The molecule has 1 heterocycles. The van der Waals surface area contributed by atoms with Gasteiger partial charge in [-0.05, 0) is 26.0 Å². The summed E-state index contributed by atoms with van der Waals surface area (Å²) in [4.78, 5) is 15.3. The third-order valence-corrected chi connectivity index (χ3v) is 2.38. The Hall–Kier alpha value is -1.36. The number of rotatable bonds is 5. The van der Waals surface area contributed by atoms with Crippen LogP contribution in [0.15, 0.2) is 30.2 Å². The molecule has 1 rings (SSSR count). The Morgan fingerprint density at radius 2 is 2.29 bits per heavy atom. The number of pyridine rings is 1. The molecule has 0 atom stereocenters. The Kier molecular flexibility index (Phi) is 5.69. The van der Waals surface area contributed by atoms with Crippen molar-refractivity contribution in [3.05, 3.63) is 35.9 Å². The normalized spacial score (nSPS) is 11.1. The maximum Gasteiger partial charge on any atom is 0.334 e. The molecule has 0 amide bonds. The zero-order chi connectivity index (χ0) is 12.7. The van der Waals surface area contributed by atoms with Crippen molar-refractivity contribution in [2.24, 2.45) is 0 Å². The van der Waals surface area contributed by atoms with Crippen LogP contribution in [0.2, 0.25) is 0 Å². The number of halogens is 1. The molecule has 0 bridgehead atoms. The quantitative estimate of drug-likeness (QED) is 0.363. The number of carbonyl (C=O) groups is 1. The van der Waals surface area contributed by atoms with Crippen LogP contribution in [0.4, 0.5) is 0 Å². The van der Waals surface area contributed by atoms with E-state index in [0.29, 0.717) is 23.4 Å². The van der Waals surface area contributed by atoms with Crippen LogP contribution < -0.4 is 4.74 Å². The molecule has 0 aliphatic heterocycles. The summed E-state index contributed by atoms with van der Waals surface area (Å²) >= 11 is 3.25. The number of aromatic nitrogens is 1. The van der Waals surface area contributed by atoms with Gasteiger partial charge in [0.2, 0.25) is 0 Å². The lowest BCUT2D eigenvalue weighted by atomic mass is 10.4. The molecular formula is C12H14BrNO3. The number of carbonyl (C=O) groups excluding carboxylic acids is 1. The maximum absolute atomic E-state index is 11.2. The molecule has 1 aromatic heterocycles. The minimum Gasteiger partial charge on any atom is -0.463 e. The first-order valence-electron chi connectivity index (χ1n) is 5.19. The first-order valence-corrected chi connectivity index (χ1v) is 6.31. The van der Waals surface area contributed by atoms with E-state index in [9.17, 15) is 4.79 Å². The van der Waals surface area contributed by atoms with Crippen LogP contribution in [-0.2, 0) is 9.53 Å². The Balaban J connectivity index is 2.69. The van der Waals surface area contributed by atoms with Crippen molar-refractivity contribution in [1.29, 1.82) is 0 Å². The van der Waals surface area contributed by atoms with Crippen LogP contribution >= 0.6 is 15.9 Å². The smallest absolute Gasteiger partial charge is 0.334 e. The molecule has 0 radical (unpaired) electrons. The van der Waals surface area contributed by atoms with Gasteiger partial charge in [0.15, 0.2) is 0 Å². The number of esters is 1. The third-order valence-electron chi connectivity index (χ3n) is 1.83. The fourth-order valence-corrected chi connectivity index (χ4v) is 1.35. The van der Waals surface area contributed by atoms with E-state index in [2.05, 4.69) is 20.9 Å². The number of aryl methyl sites for hydroxylation is 1. The van der Waals surface area contributed by atoms with Crippen molar-refractivity contribution in [2.75, 3.05) is 11.9 Å². The van der Waals surface area contributed by atoms with E-state index in [0.717, 1.165) is 5.69 Å². The van der Waals surface area contributed by atoms with Gasteiger partial charge in [-0.25, -0.2) is 4.79 Å². The summed E-state index contributed by atoms with van der Waals surface area (Å²) in [6, 6.07) is 3.63. The topological polar surface area (TPSA) is 48.4 Å². The lowest BCUT2D eigenvalue weighted by Crippen LogP contribution is -2.05. The molecule has 5 heteroatoms. The molecule has 0 aliphatic rings. The van der Waals surface area contributed by atoms with E-state index >= 15 is 0 Å². The average Bonchev–Trinajstić information content (AvgIpc) is 2.31. The number of alkyl halides is 1. The van der Waals surface area contributed by atoms with Gasteiger partial charge >= 0.3 is 5.97 Å². The van der Waals surface area contributed by atoms with Crippen LogP contribution in [0.5, 0.6) is 5.75 Å². The minimum absolute atomic E-state index is 0.344. The maximum atomic E-state index is 11.2. The monoisotopic (exact) mass is 299 g/mol. The highest BCUT2D eigenvalue weighted by atomic mass is 79.9. The second-order valence-electron chi connectivity index (χ2n) is 3.23. The Labute approximate surface area is 109 Å². The molecular weight excluding hydrogens is 286 g/mol. The van der Waals surface area contributed by atoms with E-state index in [4.69, 9.17) is 9.47 Å². The van der Waals surface area contributed by atoms with E-state index < -0.39 is 5.97 Å². The Morgan fingerprint density at radius 1 is 1.53 bits per heavy atom. The number of hydrogen-bond donors (Lipinski definition) is 0. The van der Waals surface area contributed by atoms with Crippen molar-refractivity contribution < 1.29 is 14.3 Å². The molecule has 92 valence electrons. The van der Waals surface area contributed by atoms with Gasteiger partial charge in [0.25, 0.3) is 0 Å². The van der Waals surface area contributed by atoms with Crippen LogP contribution in [0.3, 0.4) is 0 Å². The van der Waals surface area contributed by atoms with Crippen molar-refractivity contribution >= 4 is 21.9 Å². The molecule has 4 nitrogen and oxygen atoms in total. The van der Waals surface area contributed by atoms with E-state index in [-0.39, 0.29) is 0 Å². The van der Waals surface area contributed by atoms with Gasteiger partial charge in [0, 0.05) is 5.69 Å². The molecule has 0 aromatic carbocycles. The zero-order valence-corrected chi connectivity index (χ0v) is 11.4. The summed E-state index contributed by atoms with van der Waals surface area (Å²) in [6.45, 7) is 3.99. The largest absolute Gasteiger partial charge is 0.463 e. The fraction of sp³-hybridized carbons (Fsp3) is 0.333. The number of allylic oxidation sites excluding steroid dienone is 1. The highest BCUT2D eigenvalue weighted by molar-refractivity contribution is 9.09. The summed E-state index contributed by atoms with van der Waals surface area (Å²) in [5.41, 5.74) is 0.909. The first kappa shape index (κ1) is 13.7. The summed E-state index contributed by atoms with van der Waals surface area (Å²) in [6.07, 6.45) is 2.93. The molecule has 0 spiro atoms. The number of ether oxygens (including phenoxy) is 2. The van der Waals surface area contributed by atoms with Gasteiger partial charge in [-0.15, -0.1) is 0 Å². The van der Waals surface area contributed by atoms with Crippen molar-refractivity contribution in [2.45, 2.75) is 13.8 Å². The van der Waals surface area contributed by atoms with Gasteiger partial charge in [-0.2, -0.15) is 0 Å². The van der Waals surface area contributed by atoms with E-state index in [1.165, 1.54) is 6.08 Å². The molecule has 1 aromatic rings. The van der Waals surface area contributed by atoms with Gasteiger partial charge in [0.05, 0.1) is 24.2 Å². The third kappa shape index (κ3) is 4.99. The zero-order valence-electron chi connectivity index (χ0n) is 9.77. The van der Waals surface area contributed by atoms with Gasteiger partial charge in [0.1, 0.15) is 11.5 Å². The minimum atomic E-state index is -0.415. The molecule has 0 N–H and O–H groups in total. The summed E-state index contributed by atoms with van der Waals surface area (Å²) in [7, 11) is 0. The fourth-order valence-electron chi connectivity index (χ4n) is 1.08. The number of nitrogens with zero attached hydrogens (tertiary/aromatic N) is 1. The van der Waals surface area contributed by atoms with E-state index in [1.54, 1.807) is 19.2 Å². The molecule has 0 saturated carbocycles. The average molecular weight is 300 g/mol. The molecule has 17 heavy (non-hydrogen) atoms. The van der Waals surface area contributed by atoms with Gasteiger partial charge in [-0.3, -0.25) is 4.98 Å². The summed E-state index contributed by atoms with van der Waals surface area (Å²) in [5, 5.41) is 0.430. The highest BCUT2D eigenvalue weighted by Gasteiger charge is 2.04. The summed E-state index contributed by atoms with van der Waals surface area (Å²) in [5.74, 6) is 0.654. The van der Waals surface area contributed by atoms with Crippen LogP contribution in [-0.4, -0.2) is 22.9 Å². The van der Waals surface area contributed by atoms with Crippen molar-refractivity contribution in [3.63, 3.8) is 0 Å². The Bertz CT molecular complexity index is 401. The SMILES string of the molecule is CCOC(=O)C=C(CBr)Oc1ccc(C)nc1. The molecule has 0 unspecified atom stereocenters. The van der Waals surface area contributed by atoms with Crippen molar-refractivity contribution in [3.8, 4) is 5.75 Å². The van der Waals surface area contributed by atoms with Crippen LogP contribution in [0.1, 0.15) is 12.6 Å². The predicted octanol–water partition coefficient (Wildman–Crippen LogP) is 2.61. The van der Waals surface area contributed by atoms with E-state index in [1.807, 2.05) is 13.0 Å². The second-order valence-corrected chi connectivity index (χ2v) is 3.79. The van der Waals surface area contributed by atoms with Gasteiger partial charge < -0.3 is 9.47 Å². The predicted molar refractivity (Wildman–Crippen MR) is 68.1 cm³/mol. The number of hydrogen-bond acceptors (Lipinski definition) is 4.